The first-order valence-electron chi connectivity index (χ1n) is 8.16. The van der Waals surface area contributed by atoms with Crippen LogP contribution in [0.1, 0.15) is 43.7 Å². The Morgan fingerprint density at radius 3 is 3.00 bits per heavy atom. The third-order valence-corrected chi connectivity index (χ3v) is 4.57. The Morgan fingerprint density at radius 1 is 1.27 bits per heavy atom. The SMILES string of the molecule is O=C(NCC1CCCC(O)C1)NC1CCOc2ccccc21. The summed E-state index contributed by atoms with van der Waals surface area (Å²) >= 11 is 0. The van der Waals surface area contributed by atoms with Gasteiger partial charge in [0.15, 0.2) is 0 Å². The van der Waals surface area contributed by atoms with E-state index in [2.05, 4.69) is 10.6 Å². The molecule has 3 N–H and O–H groups in total. The number of benzene rings is 1. The summed E-state index contributed by atoms with van der Waals surface area (Å²) < 4.78 is 5.60. The molecule has 3 atom stereocenters. The number of para-hydroxylation sites is 1. The molecule has 2 amide bonds. The number of urea groups is 1. The lowest BCUT2D eigenvalue weighted by molar-refractivity contribution is 0.101. The summed E-state index contributed by atoms with van der Waals surface area (Å²) in [5.74, 6) is 1.24. The molecule has 1 aliphatic carbocycles. The van der Waals surface area contributed by atoms with E-state index in [0.717, 1.165) is 43.4 Å². The van der Waals surface area contributed by atoms with Crippen LogP contribution in [0.2, 0.25) is 0 Å². The average Bonchev–Trinajstić information content (AvgIpc) is 2.53. The summed E-state index contributed by atoms with van der Waals surface area (Å²) in [6, 6.07) is 7.70. The molecule has 1 aromatic carbocycles. The van der Waals surface area contributed by atoms with Gasteiger partial charge in [0.25, 0.3) is 0 Å². The zero-order chi connectivity index (χ0) is 15.4. The fourth-order valence-corrected chi connectivity index (χ4v) is 3.39. The van der Waals surface area contributed by atoms with Crippen LogP contribution in [-0.4, -0.2) is 30.4 Å². The highest BCUT2D eigenvalue weighted by Gasteiger charge is 2.24. The number of nitrogens with one attached hydrogen (secondary N) is 2. The molecule has 2 aliphatic rings. The Balaban J connectivity index is 1.50. The number of aliphatic hydroxyl groups excluding tert-OH is 1. The molecule has 120 valence electrons. The van der Waals surface area contributed by atoms with Crippen LogP contribution in [0.3, 0.4) is 0 Å². The highest BCUT2D eigenvalue weighted by molar-refractivity contribution is 5.74. The van der Waals surface area contributed by atoms with E-state index >= 15 is 0 Å². The molecular weight excluding hydrogens is 280 g/mol. The molecule has 0 spiro atoms. The fraction of sp³-hybridized carbons (Fsp3) is 0.588. The number of hydrogen-bond donors (Lipinski definition) is 3. The summed E-state index contributed by atoms with van der Waals surface area (Å²) in [5.41, 5.74) is 1.04. The number of ether oxygens (including phenoxy) is 1. The van der Waals surface area contributed by atoms with Gasteiger partial charge in [-0.05, 0) is 31.2 Å². The Morgan fingerprint density at radius 2 is 2.14 bits per heavy atom. The lowest BCUT2D eigenvalue weighted by atomic mass is 9.87. The van der Waals surface area contributed by atoms with Crippen molar-refractivity contribution in [2.24, 2.45) is 5.92 Å². The summed E-state index contributed by atoms with van der Waals surface area (Å²) in [6.45, 7) is 1.25. The van der Waals surface area contributed by atoms with Gasteiger partial charge in [-0.2, -0.15) is 0 Å². The minimum absolute atomic E-state index is 0.00176. The van der Waals surface area contributed by atoms with Gasteiger partial charge in [0.1, 0.15) is 5.75 Å². The van der Waals surface area contributed by atoms with Crippen LogP contribution < -0.4 is 15.4 Å². The minimum atomic E-state index is -0.203. The molecule has 0 saturated heterocycles. The van der Waals surface area contributed by atoms with Crippen molar-refractivity contribution in [3.05, 3.63) is 29.8 Å². The van der Waals surface area contributed by atoms with E-state index in [-0.39, 0.29) is 18.2 Å². The lowest BCUT2D eigenvalue weighted by Gasteiger charge is -2.28. The molecule has 0 aromatic heterocycles. The number of amides is 2. The van der Waals surface area contributed by atoms with Gasteiger partial charge in [0.05, 0.1) is 18.8 Å². The number of rotatable bonds is 3. The number of carbonyl (C=O) groups is 1. The maximum atomic E-state index is 12.1. The van der Waals surface area contributed by atoms with Crippen LogP contribution in [0.5, 0.6) is 5.75 Å². The summed E-state index contributed by atoms with van der Waals surface area (Å²) in [6.07, 6.45) is 4.39. The lowest BCUT2D eigenvalue weighted by Crippen LogP contribution is -2.42. The monoisotopic (exact) mass is 304 g/mol. The molecule has 22 heavy (non-hydrogen) atoms. The highest BCUT2D eigenvalue weighted by Crippen LogP contribution is 2.31. The highest BCUT2D eigenvalue weighted by atomic mass is 16.5. The van der Waals surface area contributed by atoms with Crippen LogP contribution in [0.25, 0.3) is 0 Å². The average molecular weight is 304 g/mol. The molecule has 0 radical (unpaired) electrons. The van der Waals surface area contributed by atoms with Gasteiger partial charge in [-0.3, -0.25) is 0 Å². The molecule has 1 aliphatic heterocycles. The van der Waals surface area contributed by atoms with Gasteiger partial charge >= 0.3 is 6.03 Å². The Labute approximate surface area is 131 Å². The van der Waals surface area contributed by atoms with Gasteiger partial charge in [-0.25, -0.2) is 4.79 Å². The molecular formula is C17H24N2O3. The third kappa shape index (κ3) is 3.71. The van der Waals surface area contributed by atoms with Crippen molar-refractivity contribution in [1.82, 2.24) is 10.6 Å². The molecule has 3 unspecified atom stereocenters. The van der Waals surface area contributed by atoms with E-state index in [4.69, 9.17) is 4.74 Å². The molecule has 0 bridgehead atoms. The predicted molar refractivity (Wildman–Crippen MR) is 83.8 cm³/mol. The molecule has 1 saturated carbocycles. The van der Waals surface area contributed by atoms with Crippen LogP contribution in [0.15, 0.2) is 24.3 Å². The summed E-state index contributed by atoms with van der Waals surface area (Å²) in [7, 11) is 0. The molecule has 5 nitrogen and oxygen atoms in total. The number of carbonyl (C=O) groups excluding carboxylic acids is 1. The van der Waals surface area contributed by atoms with E-state index in [9.17, 15) is 9.90 Å². The normalized spacial score (nSPS) is 27.4. The second-order valence-electron chi connectivity index (χ2n) is 6.27. The second kappa shape index (κ2) is 7.01. The third-order valence-electron chi connectivity index (χ3n) is 4.57. The van der Waals surface area contributed by atoms with Crippen LogP contribution in [-0.2, 0) is 0 Å². The van der Waals surface area contributed by atoms with Gasteiger partial charge < -0.3 is 20.5 Å². The Kier molecular flexibility index (Phi) is 4.83. The predicted octanol–water partition coefficient (Wildman–Crippen LogP) is 2.36. The number of fused-ring (bicyclic) bond motifs is 1. The summed E-state index contributed by atoms with van der Waals surface area (Å²) in [5, 5.41) is 15.7. The standard InChI is InChI=1S/C17H24N2O3/c20-13-5-3-4-12(10-13)11-18-17(21)19-15-8-9-22-16-7-2-1-6-14(15)16/h1-2,6-7,12-13,15,20H,3-5,8-11H2,(H2,18,19,21). The maximum Gasteiger partial charge on any atom is 0.315 e. The van der Waals surface area contributed by atoms with Crippen molar-refractivity contribution in [3.63, 3.8) is 0 Å². The van der Waals surface area contributed by atoms with Crippen molar-refractivity contribution in [3.8, 4) is 5.75 Å². The van der Waals surface area contributed by atoms with Gasteiger partial charge in [0, 0.05) is 18.5 Å². The van der Waals surface area contributed by atoms with E-state index in [1.54, 1.807) is 0 Å². The Bertz CT molecular complexity index is 520. The molecule has 3 rings (SSSR count). The molecule has 1 heterocycles. The van der Waals surface area contributed by atoms with E-state index < -0.39 is 0 Å². The number of aliphatic hydroxyl groups is 1. The van der Waals surface area contributed by atoms with Gasteiger partial charge in [-0.15, -0.1) is 0 Å². The maximum absolute atomic E-state index is 12.1. The largest absolute Gasteiger partial charge is 0.493 e. The zero-order valence-corrected chi connectivity index (χ0v) is 12.8. The first-order chi connectivity index (χ1) is 10.7. The van der Waals surface area contributed by atoms with Crippen LogP contribution in [0, 0.1) is 5.92 Å². The fourth-order valence-electron chi connectivity index (χ4n) is 3.39. The minimum Gasteiger partial charge on any atom is -0.493 e. The van der Waals surface area contributed by atoms with Crippen molar-refractivity contribution in [2.45, 2.75) is 44.2 Å². The van der Waals surface area contributed by atoms with Crippen molar-refractivity contribution in [1.29, 1.82) is 0 Å². The van der Waals surface area contributed by atoms with Crippen LogP contribution >= 0.6 is 0 Å². The molecule has 5 heteroatoms. The van der Waals surface area contributed by atoms with Crippen LogP contribution in [0.4, 0.5) is 4.79 Å². The van der Waals surface area contributed by atoms with E-state index in [1.165, 1.54) is 0 Å². The van der Waals surface area contributed by atoms with Crippen molar-refractivity contribution in [2.75, 3.05) is 13.2 Å². The summed E-state index contributed by atoms with van der Waals surface area (Å²) in [4.78, 5) is 12.1. The number of hydrogen-bond acceptors (Lipinski definition) is 3. The van der Waals surface area contributed by atoms with E-state index in [0.29, 0.717) is 19.1 Å². The first kappa shape index (κ1) is 15.2. The van der Waals surface area contributed by atoms with E-state index in [1.807, 2.05) is 24.3 Å². The van der Waals surface area contributed by atoms with Gasteiger partial charge in [-0.1, -0.05) is 24.6 Å². The molecule has 1 aromatic rings. The van der Waals surface area contributed by atoms with Crippen molar-refractivity contribution < 1.29 is 14.6 Å². The first-order valence-corrected chi connectivity index (χ1v) is 8.16. The quantitative estimate of drug-likeness (QED) is 0.803. The van der Waals surface area contributed by atoms with Crippen molar-refractivity contribution >= 4 is 6.03 Å². The van der Waals surface area contributed by atoms with Gasteiger partial charge in [0.2, 0.25) is 0 Å². The zero-order valence-electron chi connectivity index (χ0n) is 12.8. The second-order valence-corrected chi connectivity index (χ2v) is 6.27. The topological polar surface area (TPSA) is 70.6 Å². The Hall–Kier alpha value is -1.75. The molecule has 1 fully saturated rings. The smallest absolute Gasteiger partial charge is 0.315 e.